The molecule has 1 aromatic carbocycles. The van der Waals surface area contributed by atoms with E-state index in [9.17, 15) is 4.79 Å². The van der Waals surface area contributed by atoms with E-state index in [2.05, 4.69) is 37.5 Å². The summed E-state index contributed by atoms with van der Waals surface area (Å²) < 4.78 is 5.59. The fourth-order valence-corrected chi connectivity index (χ4v) is 2.54. The molecule has 0 fully saturated rings. The highest BCUT2D eigenvalue weighted by atomic mass is 16.5. The smallest absolute Gasteiger partial charge is 0.255 e. The van der Waals surface area contributed by atoms with Crippen molar-refractivity contribution < 1.29 is 9.53 Å². The highest BCUT2D eigenvalue weighted by Gasteiger charge is 2.19. The third-order valence-corrected chi connectivity index (χ3v) is 3.45. The number of nitrogens with one attached hydrogen (secondary N) is 2. The van der Waals surface area contributed by atoms with Crippen molar-refractivity contribution in [3.05, 3.63) is 29.3 Å². The number of benzene rings is 1. The van der Waals surface area contributed by atoms with Crippen LogP contribution in [0.25, 0.3) is 0 Å². The molecule has 4 nitrogen and oxygen atoms in total. The molecule has 110 valence electrons. The minimum Gasteiger partial charge on any atom is -0.491 e. The predicted molar refractivity (Wildman–Crippen MR) is 80.1 cm³/mol. The monoisotopic (exact) mass is 276 g/mol. The molecular formula is C16H24N2O2. The average Bonchev–Trinajstić information content (AvgIpc) is 2.60. The molecule has 1 atom stereocenters. The Labute approximate surface area is 120 Å². The van der Waals surface area contributed by atoms with E-state index in [1.807, 2.05) is 12.1 Å². The van der Waals surface area contributed by atoms with Crippen molar-refractivity contribution >= 4 is 5.91 Å². The standard InChI is InChI=1S/C16H24N2O2/c1-4-17-14(9-11(2)3)12-5-6-15-13(10-12)16(19)18-7-8-20-15/h5-6,10-11,14,17H,4,7-9H2,1-3H3,(H,18,19). The molecule has 20 heavy (non-hydrogen) atoms. The van der Waals surface area contributed by atoms with E-state index in [4.69, 9.17) is 4.74 Å². The first-order valence-corrected chi connectivity index (χ1v) is 7.40. The van der Waals surface area contributed by atoms with E-state index in [1.165, 1.54) is 0 Å². The maximum absolute atomic E-state index is 12.0. The lowest BCUT2D eigenvalue weighted by Gasteiger charge is -2.21. The van der Waals surface area contributed by atoms with Gasteiger partial charge in [0.15, 0.2) is 0 Å². The molecule has 0 saturated carbocycles. The molecule has 2 N–H and O–H groups in total. The number of hydrogen-bond acceptors (Lipinski definition) is 3. The second-order valence-corrected chi connectivity index (χ2v) is 5.60. The molecule has 0 radical (unpaired) electrons. The third kappa shape index (κ3) is 3.51. The summed E-state index contributed by atoms with van der Waals surface area (Å²) in [6.07, 6.45) is 1.05. The fourth-order valence-electron chi connectivity index (χ4n) is 2.54. The van der Waals surface area contributed by atoms with Gasteiger partial charge in [-0.1, -0.05) is 26.8 Å². The van der Waals surface area contributed by atoms with Crippen LogP contribution < -0.4 is 15.4 Å². The van der Waals surface area contributed by atoms with Gasteiger partial charge in [-0.3, -0.25) is 4.79 Å². The van der Waals surface area contributed by atoms with Crippen LogP contribution in [0.2, 0.25) is 0 Å². The molecule has 1 amide bonds. The molecule has 0 aromatic heterocycles. The molecule has 0 spiro atoms. The quantitative estimate of drug-likeness (QED) is 0.869. The lowest BCUT2D eigenvalue weighted by Crippen LogP contribution is -2.25. The van der Waals surface area contributed by atoms with Gasteiger partial charge in [0.25, 0.3) is 5.91 Å². The molecule has 1 aromatic rings. The van der Waals surface area contributed by atoms with Crippen molar-refractivity contribution in [3.8, 4) is 5.75 Å². The topological polar surface area (TPSA) is 50.4 Å². The van der Waals surface area contributed by atoms with Crippen molar-refractivity contribution in [2.45, 2.75) is 33.2 Å². The van der Waals surface area contributed by atoms with Crippen molar-refractivity contribution in [2.24, 2.45) is 5.92 Å². The number of hydrogen-bond donors (Lipinski definition) is 2. The first-order chi connectivity index (χ1) is 9.61. The first-order valence-electron chi connectivity index (χ1n) is 7.40. The second kappa shape index (κ2) is 6.75. The SMILES string of the molecule is CCNC(CC(C)C)c1ccc2c(c1)C(=O)NCCO2. The average molecular weight is 276 g/mol. The van der Waals surface area contributed by atoms with Crippen LogP contribution in [0, 0.1) is 5.92 Å². The normalized spacial score (nSPS) is 16.1. The maximum Gasteiger partial charge on any atom is 0.255 e. The van der Waals surface area contributed by atoms with Gasteiger partial charge in [0.1, 0.15) is 12.4 Å². The van der Waals surface area contributed by atoms with Gasteiger partial charge in [-0.2, -0.15) is 0 Å². The van der Waals surface area contributed by atoms with E-state index in [0.717, 1.165) is 18.5 Å². The molecule has 0 bridgehead atoms. The minimum absolute atomic E-state index is 0.0425. The van der Waals surface area contributed by atoms with Crippen LogP contribution in [0.1, 0.15) is 49.2 Å². The number of carbonyl (C=O) groups is 1. The molecule has 1 aliphatic heterocycles. The summed E-state index contributed by atoms with van der Waals surface area (Å²) in [7, 11) is 0. The zero-order chi connectivity index (χ0) is 14.5. The van der Waals surface area contributed by atoms with Crippen molar-refractivity contribution in [1.82, 2.24) is 10.6 Å². The summed E-state index contributed by atoms with van der Waals surface area (Å²) >= 11 is 0. The second-order valence-electron chi connectivity index (χ2n) is 5.60. The fraction of sp³-hybridized carbons (Fsp3) is 0.562. The maximum atomic E-state index is 12.0. The van der Waals surface area contributed by atoms with E-state index in [1.54, 1.807) is 0 Å². The molecule has 1 heterocycles. The number of ether oxygens (including phenoxy) is 1. The number of amides is 1. The Balaban J connectivity index is 2.29. The highest BCUT2D eigenvalue weighted by molar-refractivity contribution is 5.97. The Morgan fingerprint density at radius 2 is 2.20 bits per heavy atom. The van der Waals surface area contributed by atoms with E-state index in [-0.39, 0.29) is 11.9 Å². The summed E-state index contributed by atoms with van der Waals surface area (Å²) in [6.45, 7) is 8.53. The minimum atomic E-state index is -0.0425. The Bertz CT molecular complexity index is 472. The Morgan fingerprint density at radius 3 is 2.90 bits per heavy atom. The molecule has 1 aliphatic rings. The summed E-state index contributed by atoms with van der Waals surface area (Å²) in [5, 5.41) is 6.35. The van der Waals surface area contributed by atoms with Crippen molar-refractivity contribution in [1.29, 1.82) is 0 Å². The van der Waals surface area contributed by atoms with Crippen LogP contribution in [-0.4, -0.2) is 25.6 Å². The molecule has 1 unspecified atom stereocenters. The predicted octanol–water partition coefficient (Wildman–Crippen LogP) is 2.51. The van der Waals surface area contributed by atoms with Crippen LogP contribution in [0.5, 0.6) is 5.75 Å². The lowest BCUT2D eigenvalue weighted by molar-refractivity contribution is 0.0957. The van der Waals surface area contributed by atoms with Crippen molar-refractivity contribution in [2.75, 3.05) is 19.7 Å². The highest BCUT2D eigenvalue weighted by Crippen LogP contribution is 2.27. The zero-order valence-corrected chi connectivity index (χ0v) is 12.5. The van der Waals surface area contributed by atoms with E-state index < -0.39 is 0 Å². The van der Waals surface area contributed by atoms with Gasteiger partial charge >= 0.3 is 0 Å². The number of rotatable bonds is 5. The zero-order valence-electron chi connectivity index (χ0n) is 12.5. The van der Waals surface area contributed by atoms with Gasteiger partial charge in [-0.15, -0.1) is 0 Å². The molecule has 4 heteroatoms. The van der Waals surface area contributed by atoms with E-state index in [0.29, 0.717) is 30.4 Å². The Morgan fingerprint density at radius 1 is 1.40 bits per heavy atom. The Kier molecular flexibility index (Phi) is 5.01. The first kappa shape index (κ1) is 14.9. The largest absolute Gasteiger partial charge is 0.491 e. The van der Waals surface area contributed by atoms with Gasteiger partial charge < -0.3 is 15.4 Å². The summed E-state index contributed by atoms with van der Waals surface area (Å²) in [4.78, 5) is 12.0. The van der Waals surface area contributed by atoms with Gasteiger partial charge in [0.05, 0.1) is 12.1 Å². The van der Waals surface area contributed by atoms with Crippen LogP contribution in [-0.2, 0) is 0 Å². The summed E-state index contributed by atoms with van der Waals surface area (Å²) in [6, 6.07) is 6.22. The molecular weight excluding hydrogens is 252 g/mol. The van der Waals surface area contributed by atoms with Gasteiger partial charge in [0, 0.05) is 6.04 Å². The van der Waals surface area contributed by atoms with Crippen molar-refractivity contribution in [3.63, 3.8) is 0 Å². The van der Waals surface area contributed by atoms with Crippen LogP contribution >= 0.6 is 0 Å². The lowest BCUT2D eigenvalue weighted by atomic mass is 9.95. The van der Waals surface area contributed by atoms with Gasteiger partial charge in [-0.05, 0) is 36.6 Å². The van der Waals surface area contributed by atoms with Crippen LogP contribution in [0.15, 0.2) is 18.2 Å². The Hall–Kier alpha value is -1.55. The van der Waals surface area contributed by atoms with Crippen LogP contribution in [0.3, 0.4) is 0 Å². The molecule has 0 aliphatic carbocycles. The van der Waals surface area contributed by atoms with Gasteiger partial charge in [-0.25, -0.2) is 0 Å². The number of fused-ring (bicyclic) bond motifs is 1. The summed E-state index contributed by atoms with van der Waals surface area (Å²) in [5.41, 5.74) is 1.80. The number of carbonyl (C=O) groups excluding carboxylic acids is 1. The van der Waals surface area contributed by atoms with Gasteiger partial charge in [0.2, 0.25) is 0 Å². The van der Waals surface area contributed by atoms with Crippen LogP contribution in [0.4, 0.5) is 0 Å². The molecule has 0 saturated heterocycles. The third-order valence-electron chi connectivity index (χ3n) is 3.45. The summed E-state index contributed by atoms with van der Waals surface area (Å²) in [5.74, 6) is 1.24. The molecule has 2 rings (SSSR count). The van der Waals surface area contributed by atoms with E-state index >= 15 is 0 Å².